The molecule has 2 rings (SSSR count). The van der Waals surface area contributed by atoms with Crippen LogP contribution in [-0.2, 0) is 0 Å². The van der Waals surface area contributed by atoms with Crippen LogP contribution in [0.15, 0.2) is 18.2 Å². The fourth-order valence-electron chi connectivity index (χ4n) is 2.70. The van der Waals surface area contributed by atoms with Gasteiger partial charge in [0.1, 0.15) is 5.00 Å². The Morgan fingerprint density at radius 1 is 1.27 bits per heavy atom. The molecule has 22 heavy (non-hydrogen) atoms. The van der Waals surface area contributed by atoms with E-state index in [1.54, 1.807) is 11.5 Å². The second kappa shape index (κ2) is 8.14. The van der Waals surface area contributed by atoms with E-state index in [1.807, 2.05) is 12.1 Å². The van der Waals surface area contributed by atoms with E-state index in [2.05, 4.69) is 48.1 Å². The SMILES string of the molecule is CCN(CC)CCCC(C)N(C)c1snc2cc(Cl)ccc12. The van der Waals surface area contributed by atoms with Crippen molar-refractivity contribution >= 4 is 39.0 Å². The summed E-state index contributed by atoms with van der Waals surface area (Å²) in [6, 6.07) is 6.47. The van der Waals surface area contributed by atoms with Crippen LogP contribution in [0.1, 0.15) is 33.6 Å². The van der Waals surface area contributed by atoms with Gasteiger partial charge >= 0.3 is 0 Å². The van der Waals surface area contributed by atoms with Crippen LogP contribution in [0.25, 0.3) is 10.9 Å². The van der Waals surface area contributed by atoms with Crippen LogP contribution in [0.5, 0.6) is 0 Å². The van der Waals surface area contributed by atoms with Crippen molar-refractivity contribution in [3.05, 3.63) is 23.2 Å². The van der Waals surface area contributed by atoms with Gasteiger partial charge in [-0.05, 0) is 69.1 Å². The maximum Gasteiger partial charge on any atom is 0.119 e. The van der Waals surface area contributed by atoms with Crippen LogP contribution < -0.4 is 4.90 Å². The molecule has 5 heteroatoms. The van der Waals surface area contributed by atoms with Gasteiger partial charge < -0.3 is 9.80 Å². The zero-order valence-corrected chi connectivity index (χ0v) is 15.5. The third-order valence-electron chi connectivity index (χ3n) is 4.39. The molecular formula is C17H26ClN3S. The maximum absolute atomic E-state index is 6.04. The summed E-state index contributed by atoms with van der Waals surface area (Å²) in [5, 5.41) is 3.19. The fraction of sp³-hybridized carbons (Fsp3) is 0.588. The first kappa shape index (κ1) is 17.5. The summed E-state index contributed by atoms with van der Waals surface area (Å²) < 4.78 is 4.53. The van der Waals surface area contributed by atoms with E-state index >= 15 is 0 Å². The summed E-state index contributed by atoms with van der Waals surface area (Å²) in [5.41, 5.74) is 0.995. The number of anilines is 1. The van der Waals surface area contributed by atoms with Gasteiger partial charge in [0.25, 0.3) is 0 Å². The average molecular weight is 340 g/mol. The van der Waals surface area contributed by atoms with Crippen LogP contribution >= 0.6 is 23.1 Å². The molecule has 1 atom stereocenters. The first-order chi connectivity index (χ1) is 10.6. The average Bonchev–Trinajstić information content (AvgIpc) is 2.93. The number of nitrogens with zero attached hydrogens (tertiary/aromatic N) is 3. The monoisotopic (exact) mass is 339 g/mol. The lowest BCUT2D eigenvalue weighted by atomic mass is 10.1. The molecule has 0 aliphatic heterocycles. The van der Waals surface area contributed by atoms with Gasteiger partial charge in [0.05, 0.1) is 5.52 Å². The molecule has 3 nitrogen and oxygen atoms in total. The zero-order chi connectivity index (χ0) is 16.1. The molecule has 0 aliphatic carbocycles. The smallest absolute Gasteiger partial charge is 0.119 e. The standard InChI is InChI=1S/C17H26ClN3S/c1-5-21(6-2)11-7-8-13(3)20(4)17-15-10-9-14(18)12-16(15)19-22-17/h9-10,12-13H,5-8,11H2,1-4H3. The molecule has 0 N–H and O–H groups in total. The minimum atomic E-state index is 0.509. The second-order valence-electron chi connectivity index (χ2n) is 5.78. The number of hydrogen-bond acceptors (Lipinski definition) is 4. The van der Waals surface area contributed by atoms with Crippen molar-refractivity contribution in [1.82, 2.24) is 9.27 Å². The Morgan fingerprint density at radius 2 is 2.00 bits per heavy atom. The number of hydrogen-bond donors (Lipinski definition) is 0. The van der Waals surface area contributed by atoms with Crippen LogP contribution in [0.2, 0.25) is 5.02 Å². The predicted octanol–water partition coefficient (Wildman–Crippen LogP) is 4.90. The lowest BCUT2D eigenvalue weighted by Gasteiger charge is -2.26. The number of aromatic nitrogens is 1. The van der Waals surface area contributed by atoms with Crippen molar-refractivity contribution in [1.29, 1.82) is 0 Å². The molecule has 1 aromatic heterocycles. The molecule has 2 aromatic rings. The molecule has 0 aliphatic rings. The van der Waals surface area contributed by atoms with E-state index < -0.39 is 0 Å². The Bertz CT molecular complexity index is 595. The normalized spacial score (nSPS) is 13.0. The Labute approximate surface area is 143 Å². The molecule has 1 unspecified atom stereocenters. The largest absolute Gasteiger partial charge is 0.362 e. The molecule has 0 saturated carbocycles. The second-order valence-corrected chi connectivity index (χ2v) is 6.97. The van der Waals surface area contributed by atoms with E-state index in [0.717, 1.165) is 23.6 Å². The maximum atomic E-state index is 6.04. The number of benzene rings is 1. The van der Waals surface area contributed by atoms with Gasteiger partial charge in [-0.15, -0.1) is 0 Å². The van der Waals surface area contributed by atoms with Gasteiger partial charge in [0.2, 0.25) is 0 Å². The molecule has 1 heterocycles. The van der Waals surface area contributed by atoms with Crippen molar-refractivity contribution in [2.75, 3.05) is 31.6 Å². The van der Waals surface area contributed by atoms with Gasteiger partial charge in [0.15, 0.2) is 0 Å². The van der Waals surface area contributed by atoms with E-state index in [4.69, 9.17) is 11.6 Å². The van der Waals surface area contributed by atoms with Gasteiger partial charge in [-0.2, -0.15) is 4.37 Å². The highest BCUT2D eigenvalue weighted by atomic mass is 35.5. The number of rotatable bonds is 8. The van der Waals surface area contributed by atoms with E-state index in [1.165, 1.54) is 29.8 Å². The minimum Gasteiger partial charge on any atom is -0.362 e. The minimum absolute atomic E-state index is 0.509. The predicted molar refractivity (Wildman–Crippen MR) is 99.5 cm³/mol. The third kappa shape index (κ3) is 4.12. The van der Waals surface area contributed by atoms with Crippen LogP contribution in [0.3, 0.4) is 0 Å². The summed E-state index contributed by atoms with van der Waals surface area (Å²) in [6.07, 6.45) is 2.43. The Balaban J connectivity index is 1.98. The molecule has 0 bridgehead atoms. The van der Waals surface area contributed by atoms with Crippen molar-refractivity contribution in [2.45, 2.75) is 39.7 Å². The molecule has 1 aromatic carbocycles. The molecule has 0 radical (unpaired) electrons. The molecule has 0 fully saturated rings. The van der Waals surface area contributed by atoms with Crippen molar-refractivity contribution in [2.24, 2.45) is 0 Å². The highest BCUT2D eigenvalue weighted by Crippen LogP contribution is 2.33. The number of halogens is 1. The van der Waals surface area contributed by atoms with Crippen LogP contribution in [-0.4, -0.2) is 42.0 Å². The first-order valence-electron chi connectivity index (χ1n) is 8.06. The summed E-state index contributed by atoms with van der Waals surface area (Å²) in [4.78, 5) is 4.84. The van der Waals surface area contributed by atoms with Gasteiger partial charge in [-0.1, -0.05) is 25.4 Å². The summed E-state index contributed by atoms with van der Waals surface area (Å²) in [5.74, 6) is 0. The van der Waals surface area contributed by atoms with Gasteiger partial charge in [-0.25, -0.2) is 0 Å². The Hall–Kier alpha value is -0.840. The van der Waals surface area contributed by atoms with E-state index in [0.29, 0.717) is 6.04 Å². The zero-order valence-electron chi connectivity index (χ0n) is 14.0. The quantitative estimate of drug-likeness (QED) is 0.682. The summed E-state index contributed by atoms with van der Waals surface area (Å²) in [7, 11) is 2.17. The first-order valence-corrected chi connectivity index (χ1v) is 9.22. The lowest BCUT2D eigenvalue weighted by molar-refractivity contribution is 0.293. The van der Waals surface area contributed by atoms with Gasteiger partial charge in [0, 0.05) is 23.5 Å². The lowest BCUT2D eigenvalue weighted by Crippen LogP contribution is -2.30. The van der Waals surface area contributed by atoms with E-state index in [-0.39, 0.29) is 0 Å². The third-order valence-corrected chi connectivity index (χ3v) is 5.60. The molecule has 0 saturated heterocycles. The van der Waals surface area contributed by atoms with Crippen molar-refractivity contribution in [3.8, 4) is 0 Å². The van der Waals surface area contributed by atoms with Gasteiger partial charge in [-0.3, -0.25) is 0 Å². The summed E-state index contributed by atoms with van der Waals surface area (Å²) >= 11 is 7.61. The Morgan fingerprint density at radius 3 is 2.68 bits per heavy atom. The Kier molecular flexibility index (Phi) is 6.48. The molecule has 122 valence electrons. The van der Waals surface area contributed by atoms with Crippen molar-refractivity contribution < 1.29 is 0 Å². The van der Waals surface area contributed by atoms with E-state index in [9.17, 15) is 0 Å². The number of fused-ring (bicyclic) bond motifs is 1. The van der Waals surface area contributed by atoms with Crippen molar-refractivity contribution in [3.63, 3.8) is 0 Å². The molecular weight excluding hydrogens is 314 g/mol. The van der Waals surface area contributed by atoms with Crippen LogP contribution in [0.4, 0.5) is 5.00 Å². The molecule has 0 amide bonds. The molecule has 0 spiro atoms. The van der Waals surface area contributed by atoms with Crippen LogP contribution in [0, 0.1) is 0 Å². The highest BCUT2D eigenvalue weighted by molar-refractivity contribution is 7.11. The summed E-state index contributed by atoms with van der Waals surface area (Å²) in [6.45, 7) is 10.2. The fourth-order valence-corrected chi connectivity index (χ4v) is 3.78. The topological polar surface area (TPSA) is 19.4 Å². The highest BCUT2D eigenvalue weighted by Gasteiger charge is 2.16.